The molecule has 1 amide bonds. The van der Waals surface area contributed by atoms with Gasteiger partial charge in [-0.3, -0.25) is 4.79 Å². The van der Waals surface area contributed by atoms with Crippen LogP contribution in [-0.4, -0.2) is 34.6 Å². The second-order valence-corrected chi connectivity index (χ2v) is 7.18. The number of benzene rings is 1. The summed E-state index contributed by atoms with van der Waals surface area (Å²) < 4.78 is 0. The number of halogens is 1. The topological polar surface area (TPSA) is 40.5 Å². The van der Waals surface area contributed by atoms with Crippen LogP contribution in [0.4, 0.5) is 0 Å². The molecule has 0 spiro atoms. The molecule has 21 heavy (non-hydrogen) atoms. The molecule has 3 nitrogen and oxygen atoms in total. The van der Waals surface area contributed by atoms with Crippen molar-refractivity contribution >= 4 is 17.5 Å². The van der Waals surface area contributed by atoms with Crippen LogP contribution in [0.1, 0.15) is 38.2 Å². The number of aliphatic hydroxyl groups excluding tert-OH is 1. The van der Waals surface area contributed by atoms with Crippen LogP contribution in [0.25, 0.3) is 0 Å². The third-order valence-corrected chi connectivity index (χ3v) is 5.42. The third kappa shape index (κ3) is 2.95. The Bertz CT molecular complexity index is 530. The smallest absolute Gasteiger partial charge is 0.227 e. The lowest BCUT2D eigenvalue weighted by Crippen LogP contribution is -2.46. The lowest BCUT2D eigenvalue weighted by Gasteiger charge is -2.41. The standard InChI is InChI=1S/C17H22ClNO2/c1-17-8-9-19(15(17)7-6-14(20)11-17)16(21)10-12-2-4-13(18)5-3-12/h2-5,14-15,20H,6-11H2,1H3/t14-,15-,17+/m1/s1. The van der Waals surface area contributed by atoms with Gasteiger partial charge >= 0.3 is 0 Å². The van der Waals surface area contributed by atoms with Gasteiger partial charge in [0, 0.05) is 17.6 Å². The van der Waals surface area contributed by atoms with Crippen LogP contribution in [0.3, 0.4) is 0 Å². The van der Waals surface area contributed by atoms with Crippen molar-refractivity contribution in [3.63, 3.8) is 0 Å². The first-order valence-corrected chi connectivity index (χ1v) is 8.08. The molecule has 114 valence electrons. The van der Waals surface area contributed by atoms with E-state index in [9.17, 15) is 9.90 Å². The number of fused-ring (bicyclic) bond motifs is 1. The second kappa shape index (κ2) is 5.62. The summed E-state index contributed by atoms with van der Waals surface area (Å²) in [6.45, 7) is 3.04. The van der Waals surface area contributed by atoms with E-state index in [1.165, 1.54) is 0 Å². The first-order valence-electron chi connectivity index (χ1n) is 7.70. The predicted octanol–water partition coefficient (Wildman–Crippen LogP) is 3.03. The SMILES string of the molecule is C[C@@]12CCN(C(=O)Cc3ccc(Cl)cc3)[C@@H]1CC[C@@H](O)C2. The van der Waals surface area contributed by atoms with E-state index in [1.807, 2.05) is 29.2 Å². The number of hydrogen-bond acceptors (Lipinski definition) is 2. The number of amides is 1. The fourth-order valence-electron chi connectivity index (χ4n) is 3.98. The molecular weight excluding hydrogens is 286 g/mol. The number of carbonyl (C=O) groups excluding carboxylic acids is 1. The number of hydrogen-bond donors (Lipinski definition) is 1. The van der Waals surface area contributed by atoms with Gasteiger partial charge in [0.05, 0.1) is 12.5 Å². The highest BCUT2D eigenvalue weighted by atomic mass is 35.5. The zero-order valence-corrected chi connectivity index (χ0v) is 13.1. The first-order chi connectivity index (χ1) is 9.98. The summed E-state index contributed by atoms with van der Waals surface area (Å²) in [5.41, 5.74) is 1.10. The number of likely N-dealkylation sites (tertiary alicyclic amines) is 1. The number of rotatable bonds is 2. The Balaban J connectivity index is 1.69. The molecule has 1 aromatic rings. The van der Waals surface area contributed by atoms with Gasteiger partial charge in [-0.05, 0) is 48.8 Å². The molecule has 1 N–H and O–H groups in total. The molecule has 2 fully saturated rings. The molecule has 2 aliphatic rings. The Morgan fingerprint density at radius 3 is 2.81 bits per heavy atom. The van der Waals surface area contributed by atoms with Crippen molar-refractivity contribution in [2.24, 2.45) is 5.41 Å². The molecule has 0 bridgehead atoms. The van der Waals surface area contributed by atoms with E-state index in [2.05, 4.69) is 6.92 Å². The van der Waals surface area contributed by atoms with Crippen molar-refractivity contribution in [1.29, 1.82) is 0 Å². The summed E-state index contributed by atoms with van der Waals surface area (Å²) in [6.07, 6.45) is 3.79. The van der Waals surface area contributed by atoms with E-state index in [1.54, 1.807) is 0 Å². The molecular formula is C17H22ClNO2. The van der Waals surface area contributed by atoms with E-state index in [4.69, 9.17) is 11.6 Å². The zero-order valence-electron chi connectivity index (χ0n) is 12.4. The number of nitrogens with zero attached hydrogens (tertiary/aromatic N) is 1. The third-order valence-electron chi connectivity index (χ3n) is 5.17. The van der Waals surface area contributed by atoms with Gasteiger partial charge in [0.1, 0.15) is 0 Å². The summed E-state index contributed by atoms with van der Waals surface area (Å²) in [4.78, 5) is 14.7. The number of aliphatic hydroxyl groups is 1. The van der Waals surface area contributed by atoms with E-state index in [0.717, 1.165) is 37.8 Å². The highest BCUT2D eigenvalue weighted by Gasteiger charge is 2.48. The van der Waals surface area contributed by atoms with Crippen LogP contribution in [-0.2, 0) is 11.2 Å². The largest absolute Gasteiger partial charge is 0.393 e. The van der Waals surface area contributed by atoms with E-state index in [0.29, 0.717) is 17.5 Å². The highest BCUT2D eigenvalue weighted by Crippen LogP contribution is 2.46. The maximum atomic E-state index is 12.6. The van der Waals surface area contributed by atoms with Crippen LogP contribution in [0.2, 0.25) is 5.02 Å². The fraction of sp³-hybridized carbons (Fsp3) is 0.588. The van der Waals surface area contributed by atoms with Crippen molar-refractivity contribution in [1.82, 2.24) is 4.90 Å². The average Bonchev–Trinajstić information content (AvgIpc) is 2.77. The van der Waals surface area contributed by atoms with Crippen molar-refractivity contribution in [3.8, 4) is 0 Å². The normalized spacial score (nSPS) is 32.0. The predicted molar refractivity (Wildman–Crippen MR) is 83.2 cm³/mol. The fourth-order valence-corrected chi connectivity index (χ4v) is 4.11. The molecule has 0 radical (unpaired) electrons. The van der Waals surface area contributed by atoms with Crippen molar-refractivity contribution < 1.29 is 9.90 Å². The van der Waals surface area contributed by atoms with Crippen molar-refractivity contribution in [2.45, 2.75) is 51.2 Å². The van der Waals surface area contributed by atoms with Crippen LogP contribution in [0.15, 0.2) is 24.3 Å². The molecule has 1 heterocycles. The minimum Gasteiger partial charge on any atom is -0.393 e. The highest BCUT2D eigenvalue weighted by molar-refractivity contribution is 6.30. The molecule has 0 aromatic heterocycles. The Labute approximate surface area is 130 Å². The van der Waals surface area contributed by atoms with Crippen molar-refractivity contribution in [3.05, 3.63) is 34.9 Å². The molecule has 1 aliphatic heterocycles. The number of carbonyl (C=O) groups is 1. The molecule has 1 saturated carbocycles. The summed E-state index contributed by atoms with van der Waals surface area (Å²) >= 11 is 5.88. The molecule has 3 atom stereocenters. The van der Waals surface area contributed by atoms with E-state index >= 15 is 0 Å². The summed E-state index contributed by atoms with van der Waals surface area (Å²) in [7, 11) is 0. The van der Waals surface area contributed by atoms with Gasteiger partial charge in [0.2, 0.25) is 5.91 Å². The quantitative estimate of drug-likeness (QED) is 0.912. The molecule has 3 rings (SSSR count). The molecule has 1 aliphatic carbocycles. The Morgan fingerprint density at radius 2 is 2.10 bits per heavy atom. The van der Waals surface area contributed by atoms with Gasteiger partial charge in [-0.1, -0.05) is 30.7 Å². The Morgan fingerprint density at radius 1 is 1.38 bits per heavy atom. The lowest BCUT2D eigenvalue weighted by molar-refractivity contribution is -0.133. The maximum Gasteiger partial charge on any atom is 0.227 e. The minimum atomic E-state index is -0.197. The molecule has 1 saturated heterocycles. The van der Waals surface area contributed by atoms with Crippen LogP contribution in [0.5, 0.6) is 0 Å². The molecule has 1 aromatic carbocycles. The van der Waals surface area contributed by atoms with Gasteiger partial charge in [-0.25, -0.2) is 0 Å². The van der Waals surface area contributed by atoms with Gasteiger partial charge in [0.15, 0.2) is 0 Å². The van der Waals surface area contributed by atoms with Crippen molar-refractivity contribution in [2.75, 3.05) is 6.54 Å². The van der Waals surface area contributed by atoms with Gasteiger partial charge in [0.25, 0.3) is 0 Å². The van der Waals surface area contributed by atoms with Crippen LogP contribution < -0.4 is 0 Å². The van der Waals surface area contributed by atoms with Gasteiger partial charge in [-0.2, -0.15) is 0 Å². The minimum absolute atomic E-state index is 0.0906. The Kier molecular flexibility index (Phi) is 3.98. The van der Waals surface area contributed by atoms with E-state index in [-0.39, 0.29) is 17.4 Å². The summed E-state index contributed by atoms with van der Waals surface area (Å²) in [5, 5.41) is 10.6. The van der Waals surface area contributed by atoms with Crippen LogP contribution in [0, 0.1) is 5.41 Å². The lowest BCUT2D eigenvalue weighted by atomic mass is 9.71. The molecule has 0 unspecified atom stereocenters. The Hall–Kier alpha value is -1.06. The van der Waals surface area contributed by atoms with Crippen LogP contribution >= 0.6 is 11.6 Å². The van der Waals surface area contributed by atoms with Gasteiger partial charge in [-0.15, -0.1) is 0 Å². The summed E-state index contributed by atoms with van der Waals surface area (Å²) in [6, 6.07) is 7.78. The van der Waals surface area contributed by atoms with E-state index < -0.39 is 0 Å². The first kappa shape index (κ1) is 14.9. The maximum absolute atomic E-state index is 12.6. The second-order valence-electron chi connectivity index (χ2n) is 6.75. The average molecular weight is 308 g/mol. The summed E-state index contributed by atoms with van der Waals surface area (Å²) in [5.74, 6) is 0.197. The molecule has 4 heteroatoms. The van der Waals surface area contributed by atoms with Gasteiger partial charge < -0.3 is 10.0 Å². The zero-order chi connectivity index (χ0) is 15.0. The monoisotopic (exact) mass is 307 g/mol.